The number of halogens is 1. The highest BCUT2D eigenvalue weighted by molar-refractivity contribution is 7.08. The van der Waals surface area contributed by atoms with E-state index in [0.29, 0.717) is 18.1 Å². The van der Waals surface area contributed by atoms with Crippen LogP contribution in [-0.4, -0.2) is 53.8 Å². The summed E-state index contributed by atoms with van der Waals surface area (Å²) in [7, 11) is 0. The quantitative estimate of drug-likeness (QED) is 0.866. The first kappa shape index (κ1) is 18.9. The molecule has 1 unspecified atom stereocenters. The molecular formula is C19H22ClN3O2S. The van der Waals surface area contributed by atoms with Gasteiger partial charge >= 0.3 is 0 Å². The van der Waals surface area contributed by atoms with Gasteiger partial charge in [0.2, 0.25) is 5.91 Å². The van der Waals surface area contributed by atoms with E-state index in [1.165, 1.54) is 11.3 Å². The number of nitrogens with zero attached hydrogens (tertiary/aromatic N) is 2. The summed E-state index contributed by atoms with van der Waals surface area (Å²) in [6.45, 7) is 4.74. The van der Waals surface area contributed by atoms with E-state index in [0.717, 1.165) is 30.8 Å². The lowest BCUT2D eigenvalue weighted by atomic mass is 10.2. The number of hydrogen-bond donors (Lipinski definition) is 1. The van der Waals surface area contributed by atoms with E-state index in [4.69, 9.17) is 11.6 Å². The largest absolute Gasteiger partial charge is 0.337 e. The average Bonchev–Trinajstić information content (AvgIpc) is 3.07. The van der Waals surface area contributed by atoms with Gasteiger partial charge in [-0.25, -0.2) is 0 Å². The number of benzene rings is 1. The molecule has 0 spiro atoms. The summed E-state index contributed by atoms with van der Waals surface area (Å²) in [5, 5.41) is 7.36. The van der Waals surface area contributed by atoms with Crippen molar-refractivity contribution in [2.45, 2.75) is 19.4 Å². The van der Waals surface area contributed by atoms with Crippen molar-refractivity contribution in [3.8, 4) is 0 Å². The standard InChI is InChI=1S/C19H22ClN3O2S/c1-14(18(24)21-17-5-3-16(20)4-6-17)22-8-2-9-23(11-10-22)19(25)15-7-12-26-13-15/h3-7,12-14H,2,8-11H2,1H3,(H,21,24). The summed E-state index contributed by atoms with van der Waals surface area (Å²) in [6.07, 6.45) is 0.856. The zero-order valence-electron chi connectivity index (χ0n) is 14.7. The van der Waals surface area contributed by atoms with Crippen molar-refractivity contribution in [2.24, 2.45) is 0 Å². The topological polar surface area (TPSA) is 52.7 Å². The molecule has 1 aromatic carbocycles. The third-order valence-corrected chi connectivity index (χ3v) is 5.56. The Morgan fingerprint density at radius 3 is 2.58 bits per heavy atom. The van der Waals surface area contributed by atoms with Crippen LogP contribution in [0.2, 0.25) is 5.02 Å². The number of nitrogens with one attached hydrogen (secondary N) is 1. The van der Waals surface area contributed by atoms with Gasteiger partial charge in [0, 0.05) is 42.3 Å². The molecule has 1 saturated heterocycles. The fraction of sp³-hybridized carbons (Fsp3) is 0.368. The highest BCUT2D eigenvalue weighted by Crippen LogP contribution is 2.16. The normalized spacial score (nSPS) is 16.8. The van der Waals surface area contributed by atoms with Crippen LogP contribution >= 0.6 is 22.9 Å². The van der Waals surface area contributed by atoms with Gasteiger partial charge in [-0.3, -0.25) is 14.5 Å². The second kappa shape index (κ2) is 8.66. The number of rotatable bonds is 4. The molecule has 1 atom stereocenters. The first-order chi connectivity index (χ1) is 12.5. The van der Waals surface area contributed by atoms with E-state index in [1.807, 2.05) is 28.7 Å². The van der Waals surface area contributed by atoms with Gasteiger partial charge in [-0.15, -0.1) is 0 Å². The summed E-state index contributed by atoms with van der Waals surface area (Å²) >= 11 is 7.40. The molecule has 2 heterocycles. The van der Waals surface area contributed by atoms with E-state index < -0.39 is 0 Å². The first-order valence-electron chi connectivity index (χ1n) is 8.66. The third kappa shape index (κ3) is 4.63. The van der Waals surface area contributed by atoms with E-state index in [1.54, 1.807) is 24.3 Å². The van der Waals surface area contributed by atoms with Crippen molar-refractivity contribution in [1.82, 2.24) is 9.80 Å². The lowest BCUT2D eigenvalue weighted by Gasteiger charge is -2.27. The molecule has 7 heteroatoms. The zero-order chi connectivity index (χ0) is 18.5. The van der Waals surface area contributed by atoms with Gasteiger partial charge in [-0.05, 0) is 49.1 Å². The molecule has 0 saturated carbocycles. The minimum atomic E-state index is -0.262. The number of carbonyl (C=O) groups excluding carboxylic acids is 2. The maximum absolute atomic E-state index is 12.5. The first-order valence-corrected chi connectivity index (χ1v) is 9.98. The Balaban J connectivity index is 1.56. The third-order valence-electron chi connectivity index (χ3n) is 4.62. The van der Waals surface area contributed by atoms with Crippen molar-refractivity contribution >= 4 is 40.4 Å². The highest BCUT2D eigenvalue weighted by atomic mass is 35.5. The maximum atomic E-state index is 12.5. The predicted molar refractivity (Wildman–Crippen MR) is 106 cm³/mol. The monoisotopic (exact) mass is 391 g/mol. The molecule has 0 bridgehead atoms. The van der Waals surface area contributed by atoms with Gasteiger partial charge in [0.15, 0.2) is 0 Å². The van der Waals surface area contributed by atoms with Crippen molar-refractivity contribution < 1.29 is 9.59 Å². The second-order valence-electron chi connectivity index (χ2n) is 6.37. The Morgan fingerprint density at radius 2 is 1.88 bits per heavy atom. The van der Waals surface area contributed by atoms with Crippen LogP contribution in [0, 0.1) is 0 Å². The average molecular weight is 392 g/mol. The molecule has 1 aromatic heterocycles. The minimum Gasteiger partial charge on any atom is -0.337 e. The van der Waals surface area contributed by atoms with E-state index >= 15 is 0 Å². The Bertz CT molecular complexity index is 749. The van der Waals surface area contributed by atoms with Crippen molar-refractivity contribution in [2.75, 3.05) is 31.5 Å². The Labute approximate surface area is 162 Å². The summed E-state index contributed by atoms with van der Waals surface area (Å²) in [5.74, 6) is 0.0244. The molecule has 1 aliphatic heterocycles. The van der Waals surface area contributed by atoms with Crippen LogP contribution in [0.4, 0.5) is 5.69 Å². The minimum absolute atomic E-state index is 0.0510. The van der Waals surface area contributed by atoms with Gasteiger partial charge in [-0.1, -0.05) is 11.6 Å². The number of carbonyl (C=O) groups is 2. The highest BCUT2D eigenvalue weighted by Gasteiger charge is 2.26. The SMILES string of the molecule is CC(C(=O)Nc1ccc(Cl)cc1)N1CCCN(C(=O)c2ccsc2)CC1. The lowest BCUT2D eigenvalue weighted by molar-refractivity contribution is -0.120. The molecule has 1 N–H and O–H groups in total. The molecule has 2 aromatic rings. The van der Waals surface area contributed by atoms with Crippen molar-refractivity contribution in [3.05, 3.63) is 51.7 Å². The lowest BCUT2D eigenvalue weighted by Crippen LogP contribution is -2.44. The van der Waals surface area contributed by atoms with E-state index in [9.17, 15) is 9.59 Å². The Hall–Kier alpha value is -1.89. The van der Waals surface area contributed by atoms with Crippen LogP contribution in [0.15, 0.2) is 41.1 Å². The summed E-state index contributed by atoms with van der Waals surface area (Å²) in [6, 6.07) is 8.68. The zero-order valence-corrected chi connectivity index (χ0v) is 16.2. The van der Waals surface area contributed by atoms with Crippen LogP contribution in [0.5, 0.6) is 0 Å². The van der Waals surface area contributed by atoms with Gasteiger partial charge in [0.25, 0.3) is 5.91 Å². The smallest absolute Gasteiger partial charge is 0.254 e. The fourth-order valence-electron chi connectivity index (χ4n) is 3.04. The van der Waals surface area contributed by atoms with Gasteiger partial charge in [0.1, 0.15) is 0 Å². The van der Waals surface area contributed by atoms with Crippen molar-refractivity contribution in [1.29, 1.82) is 0 Å². The van der Waals surface area contributed by atoms with Crippen LogP contribution in [0.25, 0.3) is 0 Å². The Kier molecular flexibility index (Phi) is 6.29. The number of anilines is 1. The molecule has 3 rings (SSSR count). The van der Waals surface area contributed by atoms with E-state index in [2.05, 4.69) is 10.2 Å². The second-order valence-corrected chi connectivity index (χ2v) is 7.58. The summed E-state index contributed by atoms with van der Waals surface area (Å²) in [4.78, 5) is 29.1. The van der Waals surface area contributed by atoms with Crippen LogP contribution < -0.4 is 5.32 Å². The Morgan fingerprint density at radius 1 is 1.12 bits per heavy atom. The van der Waals surface area contributed by atoms with Gasteiger partial charge < -0.3 is 10.2 Å². The predicted octanol–water partition coefficient (Wildman–Crippen LogP) is 3.58. The maximum Gasteiger partial charge on any atom is 0.254 e. The molecule has 5 nitrogen and oxygen atoms in total. The number of hydrogen-bond acceptors (Lipinski definition) is 4. The van der Waals surface area contributed by atoms with Crippen LogP contribution in [0.3, 0.4) is 0 Å². The number of amides is 2. The molecule has 2 amide bonds. The summed E-state index contributed by atoms with van der Waals surface area (Å²) < 4.78 is 0. The van der Waals surface area contributed by atoms with Crippen LogP contribution in [0.1, 0.15) is 23.7 Å². The van der Waals surface area contributed by atoms with Gasteiger partial charge in [-0.2, -0.15) is 11.3 Å². The molecule has 1 aliphatic rings. The molecular weight excluding hydrogens is 370 g/mol. The van der Waals surface area contributed by atoms with Crippen LogP contribution in [-0.2, 0) is 4.79 Å². The molecule has 138 valence electrons. The van der Waals surface area contributed by atoms with E-state index in [-0.39, 0.29) is 17.9 Å². The molecule has 26 heavy (non-hydrogen) atoms. The molecule has 0 aliphatic carbocycles. The fourth-order valence-corrected chi connectivity index (χ4v) is 3.80. The molecule has 0 radical (unpaired) electrons. The van der Waals surface area contributed by atoms with Crippen molar-refractivity contribution in [3.63, 3.8) is 0 Å². The van der Waals surface area contributed by atoms with Gasteiger partial charge in [0.05, 0.1) is 11.6 Å². The molecule has 1 fully saturated rings. The number of thiophene rings is 1. The summed E-state index contributed by atoms with van der Waals surface area (Å²) in [5.41, 5.74) is 1.48.